The number of rotatable bonds is 2. The van der Waals surface area contributed by atoms with E-state index in [1.54, 1.807) is 6.20 Å². The first-order valence-corrected chi connectivity index (χ1v) is 9.02. The monoisotopic (exact) mass is 370 g/mol. The summed E-state index contributed by atoms with van der Waals surface area (Å²) in [4.78, 5) is 9.12. The summed E-state index contributed by atoms with van der Waals surface area (Å²) in [6.45, 7) is 2.08. The van der Waals surface area contributed by atoms with Crippen LogP contribution in [-0.2, 0) is 0 Å². The van der Waals surface area contributed by atoms with Crippen molar-refractivity contribution in [3.05, 3.63) is 83.9 Å². The fourth-order valence-electron chi connectivity index (χ4n) is 3.32. The first-order chi connectivity index (χ1) is 13.2. The molecule has 130 valence electrons. The maximum Gasteiger partial charge on any atom is 0.162 e. The highest BCUT2D eigenvalue weighted by Crippen LogP contribution is 2.31. The molecule has 0 atom stereocenters. The third-order valence-electron chi connectivity index (χ3n) is 4.74. The molecule has 5 rings (SSSR count). The molecule has 27 heavy (non-hydrogen) atoms. The minimum Gasteiger partial charge on any atom is -0.256 e. The van der Waals surface area contributed by atoms with Crippen molar-refractivity contribution in [3.63, 3.8) is 0 Å². The Labute approximate surface area is 161 Å². The maximum atomic E-state index is 6.11. The third-order valence-corrected chi connectivity index (χ3v) is 4.97. The van der Waals surface area contributed by atoms with Crippen molar-refractivity contribution in [2.24, 2.45) is 0 Å². The molecule has 0 bridgehead atoms. The lowest BCUT2D eigenvalue weighted by atomic mass is 10.0. The fourth-order valence-corrected chi connectivity index (χ4v) is 3.48. The van der Waals surface area contributed by atoms with E-state index in [-0.39, 0.29) is 0 Å². The van der Waals surface area contributed by atoms with E-state index >= 15 is 0 Å². The van der Waals surface area contributed by atoms with Gasteiger partial charge in [0.2, 0.25) is 0 Å². The highest BCUT2D eigenvalue weighted by molar-refractivity contribution is 6.31. The molecule has 2 aromatic carbocycles. The van der Waals surface area contributed by atoms with Crippen LogP contribution in [-0.4, -0.2) is 19.6 Å². The smallest absolute Gasteiger partial charge is 0.162 e. The zero-order chi connectivity index (χ0) is 18.4. The Morgan fingerprint density at radius 3 is 2.56 bits per heavy atom. The summed E-state index contributed by atoms with van der Waals surface area (Å²) in [6, 6.07) is 16.1. The molecule has 0 aliphatic carbocycles. The van der Waals surface area contributed by atoms with Gasteiger partial charge < -0.3 is 0 Å². The molecule has 0 fully saturated rings. The summed E-state index contributed by atoms with van der Waals surface area (Å²) in [5.41, 5.74) is 7.07. The second-order valence-corrected chi connectivity index (χ2v) is 6.99. The van der Waals surface area contributed by atoms with Gasteiger partial charge in [-0.3, -0.25) is 4.98 Å². The van der Waals surface area contributed by atoms with Crippen LogP contribution in [0.2, 0.25) is 5.02 Å². The fraction of sp³-hybridized carbons (Fsp3) is 0.0455. The minimum atomic E-state index is 0.674. The molecule has 0 N–H and O–H groups in total. The summed E-state index contributed by atoms with van der Waals surface area (Å²) < 4.78 is 1.83. The van der Waals surface area contributed by atoms with Crippen molar-refractivity contribution in [3.8, 4) is 22.3 Å². The van der Waals surface area contributed by atoms with E-state index in [1.807, 2.05) is 47.4 Å². The van der Waals surface area contributed by atoms with Crippen LogP contribution in [0.15, 0.2) is 73.3 Å². The number of benzene rings is 2. The Morgan fingerprint density at radius 1 is 0.852 bits per heavy atom. The van der Waals surface area contributed by atoms with E-state index in [0.29, 0.717) is 5.02 Å². The van der Waals surface area contributed by atoms with Gasteiger partial charge in [-0.2, -0.15) is 5.10 Å². The second kappa shape index (κ2) is 6.18. The molecule has 4 nitrogen and oxygen atoms in total. The van der Waals surface area contributed by atoms with Gasteiger partial charge >= 0.3 is 0 Å². The summed E-state index contributed by atoms with van der Waals surface area (Å²) in [5.74, 6) is 0. The van der Waals surface area contributed by atoms with E-state index in [9.17, 15) is 0 Å². The zero-order valence-corrected chi connectivity index (χ0v) is 15.4. The van der Waals surface area contributed by atoms with Crippen molar-refractivity contribution < 1.29 is 0 Å². The number of halogens is 1. The summed E-state index contributed by atoms with van der Waals surface area (Å²) >= 11 is 6.11. The second-order valence-electron chi connectivity index (χ2n) is 6.56. The van der Waals surface area contributed by atoms with Gasteiger partial charge in [0.25, 0.3) is 0 Å². The van der Waals surface area contributed by atoms with Gasteiger partial charge in [-0.25, -0.2) is 9.50 Å². The summed E-state index contributed by atoms with van der Waals surface area (Å²) in [7, 11) is 0. The molecule has 0 unspecified atom stereocenters. The van der Waals surface area contributed by atoms with E-state index in [0.717, 1.165) is 38.8 Å². The van der Waals surface area contributed by atoms with Crippen LogP contribution < -0.4 is 0 Å². The number of aromatic nitrogens is 4. The average Bonchev–Trinajstić information content (AvgIpc) is 3.11. The molecule has 0 saturated heterocycles. The summed E-state index contributed by atoms with van der Waals surface area (Å²) in [5, 5.41) is 6.23. The van der Waals surface area contributed by atoms with Gasteiger partial charge in [0.1, 0.15) is 0 Å². The SMILES string of the molecule is Cc1ccc(-c2cnc3c(-c4ccnc5cc(Cl)ccc45)cnn3c2)cc1. The first kappa shape index (κ1) is 16.0. The van der Waals surface area contributed by atoms with Crippen molar-refractivity contribution in [1.29, 1.82) is 0 Å². The van der Waals surface area contributed by atoms with E-state index in [1.165, 1.54) is 5.56 Å². The van der Waals surface area contributed by atoms with E-state index < -0.39 is 0 Å². The molecule has 5 heteroatoms. The number of hydrogen-bond donors (Lipinski definition) is 0. The number of nitrogens with zero attached hydrogens (tertiary/aromatic N) is 4. The lowest BCUT2D eigenvalue weighted by Gasteiger charge is -2.06. The van der Waals surface area contributed by atoms with E-state index in [2.05, 4.69) is 41.3 Å². The Bertz CT molecular complexity index is 1290. The number of pyridine rings is 1. The normalized spacial score (nSPS) is 11.3. The molecule has 3 aromatic heterocycles. The predicted octanol–water partition coefficient (Wildman–Crippen LogP) is 5.57. The molecule has 0 amide bonds. The van der Waals surface area contributed by atoms with Crippen molar-refractivity contribution >= 4 is 28.2 Å². The van der Waals surface area contributed by atoms with Crippen LogP contribution in [0.25, 0.3) is 38.8 Å². The number of fused-ring (bicyclic) bond motifs is 2. The Balaban J connectivity index is 1.66. The van der Waals surface area contributed by atoms with Gasteiger partial charge in [-0.15, -0.1) is 0 Å². The van der Waals surface area contributed by atoms with Gasteiger partial charge in [-0.1, -0.05) is 47.5 Å². The predicted molar refractivity (Wildman–Crippen MR) is 109 cm³/mol. The van der Waals surface area contributed by atoms with Gasteiger partial charge in [-0.05, 0) is 36.2 Å². The van der Waals surface area contributed by atoms with Crippen molar-refractivity contribution in [2.75, 3.05) is 0 Å². The summed E-state index contributed by atoms with van der Waals surface area (Å²) in [6.07, 6.45) is 7.55. The highest BCUT2D eigenvalue weighted by Gasteiger charge is 2.12. The molecule has 3 heterocycles. The quantitative estimate of drug-likeness (QED) is 0.407. The molecule has 0 spiro atoms. The van der Waals surface area contributed by atoms with E-state index in [4.69, 9.17) is 16.6 Å². The van der Waals surface area contributed by atoms with Crippen LogP contribution in [0.1, 0.15) is 5.56 Å². The van der Waals surface area contributed by atoms with Gasteiger partial charge in [0.05, 0.1) is 11.7 Å². The molecule has 0 aliphatic rings. The van der Waals surface area contributed by atoms with Gasteiger partial charge in [0.15, 0.2) is 5.65 Å². The number of hydrogen-bond acceptors (Lipinski definition) is 3. The zero-order valence-electron chi connectivity index (χ0n) is 14.6. The Hall–Kier alpha value is -3.24. The molecular weight excluding hydrogens is 356 g/mol. The average molecular weight is 371 g/mol. The standard InChI is InChI=1S/C22H15ClN4/c1-14-2-4-15(5-3-14)16-11-25-22-20(12-26-27(22)13-16)18-8-9-24-21-10-17(23)6-7-19(18)21/h2-13H,1H3. The molecule has 5 aromatic rings. The topological polar surface area (TPSA) is 43.1 Å². The van der Waals surface area contributed by atoms with Crippen LogP contribution in [0.4, 0.5) is 0 Å². The molecule has 0 saturated carbocycles. The van der Waals surface area contributed by atoms with Gasteiger partial charge in [0, 0.05) is 40.1 Å². The van der Waals surface area contributed by atoms with Crippen LogP contribution in [0.3, 0.4) is 0 Å². The minimum absolute atomic E-state index is 0.674. The van der Waals surface area contributed by atoms with Crippen LogP contribution in [0, 0.1) is 6.92 Å². The highest BCUT2D eigenvalue weighted by atomic mass is 35.5. The van der Waals surface area contributed by atoms with Crippen LogP contribution >= 0.6 is 11.6 Å². The Morgan fingerprint density at radius 2 is 1.70 bits per heavy atom. The third kappa shape index (κ3) is 2.75. The van der Waals surface area contributed by atoms with Crippen molar-refractivity contribution in [2.45, 2.75) is 6.92 Å². The van der Waals surface area contributed by atoms with Crippen molar-refractivity contribution in [1.82, 2.24) is 19.6 Å². The molecular formula is C22H15ClN4. The largest absolute Gasteiger partial charge is 0.256 e. The Kier molecular flexibility index (Phi) is 3.66. The maximum absolute atomic E-state index is 6.11. The van der Waals surface area contributed by atoms with Crippen LogP contribution in [0.5, 0.6) is 0 Å². The molecule has 0 radical (unpaired) electrons. The first-order valence-electron chi connectivity index (χ1n) is 8.64. The lowest BCUT2D eigenvalue weighted by molar-refractivity contribution is 0.941. The lowest BCUT2D eigenvalue weighted by Crippen LogP contribution is -1.92. The number of aryl methyl sites for hydroxylation is 1. The molecule has 0 aliphatic heterocycles.